The van der Waals surface area contributed by atoms with Crippen LogP contribution in [0.2, 0.25) is 0 Å². The Kier molecular flexibility index (Phi) is 6.73. The van der Waals surface area contributed by atoms with Crippen LogP contribution in [0.15, 0.2) is 40.9 Å². The zero-order chi connectivity index (χ0) is 17.5. The lowest BCUT2D eigenvalue weighted by molar-refractivity contribution is 0.400. The molecule has 2 aromatic rings. The number of halogens is 1. The van der Waals surface area contributed by atoms with Gasteiger partial charge in [0.2, 0.25) is 0 Å². The van der Waals surface area contributed by atoms with Crippen molar-refractivity contribution in [3.05, 3.63) is 52.0 Å². The Morgan fingerprint density at radius 3 is 2.08 bits per heavy atom. The van der Waals surface area contributed by atoms with Crippen LogP contribution in [0.3, 0.4) is 0 Å². The summed E-state index contributed by atoms with van der Waals surface area (Å²) in [5.74, 6) is 1.59. The standard InChI is InChI=1S/C20H24BrNO2/c1-5-22(6-2)17-11-8-15(9-12-17)7-10-16-13-20(24-4)18(21)14-19(16)23-3/h7-14H,5-6H2,1-4H3/b10-7+. The van der Waals surface area contributed by atoms with Gasteiger partial charge >= 0.3 is 0 Å². The van der Waals surface area contributed by atoms with Crippen LogP contribution in [0.1, 0.15) is 25.0 Å². The minimum Gasteiger partial charge on any atom is -0.496 e. The molecule has 0 amide bonds. The maximum absolute atomic E-state index is 5.45. The van der Waals surface area contributed by atoms with Crippen molar-refractivity contribution in [3.63, 3.8) is 0 Å². The molecule has 0 aromatic heterocycles. The van der Waals surface area contributed by atoms with E-state index in [1.54, 1.807) is 14.2 Å². The van der Waals surface area contributed by atoms with E-state index in [1.807, 2.05) is 18.2 Å². The second kappa shape index (κ2) is 8.78. The summed E-state index contributed by atoms with van der Waals surface area (Å²) in [5.41, 5.74) is 3.38. The molecule has 2 rings (SSSR count). The van der Waals surface area contributed by atoms with Gasteiger partial charge in [0.25, 0.3) is 0 Å². The highest BCUT2D eigenvalue weighted by molar-refractivity contribution is 9.10. The Balaban J connectivity index is 2.24. The second-order valence-electron chi connectivity index (χ2n) is 5.33. The van der Waals surface area contributed by atoms with Gasteiger partial charge in [-0.2, -0.15) is 0 Å². The molecule has 0 heterocycles. The highest BCUT2D eigenvalue weighted by atomic mass is 79.9. The van der Waals surface area contributed by atoms with Crippen molar-refractivity contribution in [3.8, 4) is 11.5 Å². The molecule has 0 aliphatic rings. The molecule has 0 unspecified atom stereocenters. The fourth-order valence-electron chi connectivity index (χ4n) is 2.59. The van der Waals surface area contributed by atoms with Gasteiger partial charge in [0.05, 0.1) is 18.7 Å². The summed E-state index contributed by atoms with van der Waals surface area (Å²) in [7, 11) is 3.33. The van der Waals surface area contributed by atoms with E-state index in [4.69, 9.17) is 9.47 Å². The summed E-state index contributed by atoms with van der Waals surface area (Å²) < 4.78 is 11.7. The Labute approximate surface area is 153 Å². The highest BCUT2D eigenvalue weighted by Crippen LogP contribution is 2.33. The molecular formula is C20H24BrNO2. The maximum Gasteiger partial charge on any atom is 0.133 e. The lowest BCUT2D eigenvalue weighted by Crippen LogP contribution is -2.21. The molecular weight excluding hydrogens is 366 g/mol. The molecule has 0 saturated heterocycles. The monoisotopic (exact) mass is 389 g/mol. The fourth-order valence-corrected chi connectivity index (χ4v) is 3.07. The Morgan fingerprint density at radius 2 is 1.54 bits per heavy atom. The van der Waals surface area contributed by atoms with Gasteiger partial charge in [0.1, 0.15) is 11.5 Å². The van der Waals surface area contributed by atoms with Crippen LogP contribution in [-0.2, 0) is 0 Å². The molecule has 128 valence electrons. The van der Waals surface area contributed by atoms with E-state index in [0.29, 0.717) is 0 Å². The summed E-state index contributed by atoms with van der Waals surface area (Å²) in [4.78, 5) is 2.33. The molecule has 0 fully saturated rings. The van der Waals surface area contributed by atoms with Crippen molar-refractivity contribution in [1.29, 1.82) is 0 Å². The van der Waals surface area contributed by atoms with Crippen molar-refractivity contribution >= 4 is 33.8 Å². The van der Waals surface area contributed by atoms with Crippen LogP contribution in [-0.4, -0.2) is 27.3 Å². The summed E-state index contributed by atoms with van der Waals surface area (Å²) in [6.07, 6.45) is 4.12. The third kappa shape index (κ3) is 4.32. The largest absolute Gasteiger partial charge is 0.496 e. The van der Waals surface area contributed by atoms with Gasteiger partial charge < -0.3 is 14.4 Å². The zero-order valence-corrected chi connectivity index (χ0v) is 16.3. The van der Waals surface area contributed by atoms with E-state index in [-0.39, 0.29) is 0 Å². The van der Waals surface area contributed by atoms with Gasteiger partial charge in [-0.05, 0) is 59.6 Å². The summed E-state index contributed by atoms with van der Waals surface area (Å²) in [6, 6.07) is 12.5. The van der Waals surface area contributed by atoms with E-state index in [1.165, 1.54) is 5.69 Å². The predicted octanol–water partition coefficient (Wildman–Crippen LogP) is 5.48. The maximum atomic E-state index is 5.45. The molecule has 0 spiro atoms. The van der Waals surface area contributed by atoms with E-state index in [9.17, 15) is 0 Å². The average Bonchev–Trinajstić information content (AvgIpc) is 2.62. The lowest BCUT2D eigenvalue weighted by Gasteiger charge is -2.20. The van der Waals surface area contributed by atoms with Crippen molar-refractivity contribution in [2.45, 2.75) is 13.8 Å². The topological polar surface area (TPSA) is 21.7 Å². The molecule has 24 heavy (non-hydrogen) atoms. The first-order chi connectivity index (χ1) is 11.6. The number of benzene rings is 2. The number of ether oxygens (including phenoxy) is 2. The third-order valence-corrected chi connectivity index (χ3v) is 4.60. The van der Waals surface area contributed by atoms with Gasteiger partial charge in [-0.3, -0.25) is 0 Å². The molecule has 0 aliphatic carbocycles. The normalized spacial score (nSPS) is 10.9. The molecule has 3 nitrogen and oxygen atoms in total. The highest BCUT2D eigenvalue weighted by Gasteiger charge is 2.07. The van der Waals surface area contributed by atoms with Gasteiger partial charge in [-0.1, -0.05) is 24.3 Å². The van der Waals surface area contributed by atoms with Crippen LogP contribution in [0.4, 0.5) is 5.69 Å². The molecule has 0 aliphatic heterocycles. The van der Waals surface area contributed by atoms with E-state index in [0.717, 1.165) is 40.2 Å². The molecule has 0 saturated carbocycles. The first-order valence-corrected chi connectivity index (χ1v) is 8.86. The smallest absolute Gasteiger partial charge is 0.133 e. The van der Waals surface area contributed by atoms with Crippen molar-refractivity contribution in [2.24, 2.45) is 0 Å². The number of hydrogen-bond donors (Lipinski definition) is 0. The number of hydrogen-bond acceptors (Lipinski definition) is 3. The number of anilines is 1. The first kappa shape index (κ1) is 18.4. The molecule has 0 bridgehead atoms. The number of nitrogens with zero attached hydrogens (tertiary/aromatic N) is 1. The first-order valence-electron chi connectivity index (χ1n) is 8.07. The minimum absolute atomic E-state index is 0.785. The average molecular weight is 390 g/mol. The number of methoxy groups -OCH3 is 2. The molecule has 0 N–H and O–H groups in total. The van der Waals surface area contributed by atoms with Gasteiger partial charge in [0, 0.05) is 24.3 Å². The summed E-state index contributed by atoms with van der Waals surface area (Å²) >= 11 is 3.48. The predicted molar refractivity (Wildman–Crippen MR) is 106 cm³/mol. The van der Waals surface area contributed by atoms with Crippen molar-refractivity contribution in [1.82, 2.24) is 0 Å². The van der Waals surface area contributed by atoms with E-state index < -0.39 is 0 Å². The molecule has 0 atom stereocenters. The molecule has 0 radical (unpaired) electrons. The Hall–Kier alpha value is -1.94. The van der Waals surface area contributed by atoms with Crippen LogP contribution in [0.25, 0.3) is 12.2 Å². The summed E-state index contributed by atoms with van der Waals surface area (Å²) in [6.45, 7) is 6.37. The number of rotatable bonds is 7. The quantitative estimate of drug-likeness (QED) is 0.584. The third-order valence-electron chi connectivity index (χ3n) is 3.98. The van der Waals surface area contributed by atoms with E-state index >= 15 is 0 Å². The van der Waals surface area contributed by atoms with Crippen LogP contribution in [0.5, 0.6) is 11.5 Å². The van der Waals surface area contributed by atoms with Crippen LogP contribution in [0, 0.1) is 0 Å². The molecule has 4 heteroatoms. The van der Waals surface area contributed by atoms with Gasteiger partial charge in [-0.15, -0.1) is 0 Å². The van der Waals surface area contributed by atoms with Crippen molar-refractivity contribution in [2.75, 3.05) is 32.2 Å². The fraction of sp³-hybridized carbons (Fsp3) is 0.300. The minimum atomic E-state index is 0.785. The lowest BCUT2D eigenvalue weighted by atomic mass is 10.1. The Morgan fingerprint density at radius 1 is 0.917 bits per heavy atom. The zero-order valence-electron chi connectivity index (χ0n) is 14.7. The van der Waals surface area contributed by atoms with Gasteiger partial charge in [0.15, 0.2) is 0 Å². The van der Waals surface area contributed by atoms with Crippen LogP contribution < -0.4 is 14.4 Å². The second-order valence-corrected chi connectivity index (χ2v) is 6.18. The SMILES string of the molecule is CCN(CC)c1ccc(/C=C/c2cc(OC)c(Br)cc2OC)cc1. The molecule has 2 aromatic carbocycles. The van der Waals surface area contributed by atoms with E-state index in [2.05, 4.69) is 65.0 Å². The van der Waals surface area contributed by atoms with Crippen LogP contribution >= 0.6 is 15.9 Å². The summed E-state index contributed by atoms with van der Waals surface area (Å²) in [5, 5.41) is 0. The van der Waals surface area contributed by atoms with Crippen molar-refractivity contribution < 1.29 is 9.47 Å². The van der Waals surface area contributed by atoms with Gasteiger partial charge in [-0.25, -0.2) is 0 Å². The Bertz CT molecular complexity index is 692.